The van der Waals surface area contributed by atoms with E-state index in [0.717, 1.165) is 0 Å². The summed E-state index contributed by atoms with van der Waals surface area (Å²) >= 11 is 0. The van der Waals surface area contributed by atoms with Gasteiger partial charge >= 0.3 is 0 Å². The second-order valence-corrected chi connectivity index (χ2v) is 4.77. The zero-order valence-electron chi connectivity index (χ0n) is 12.3. The van der Waals surface area contributed by atoms with Crippen molar-refractivity contribution in [3.8, 4) is 0 Å². The lowest BCUT2D eigenvalue weighted by Gasteiger charge is -2.17. The van der Waals surface area contributed by atoms with Crippen LogP contribution in [0.2, 0.25) is 0 Å². The molecule has 2 aromatic rings. The van der Waals surface area contributed by atoms with Crippen molar-refractivity contribution in [3.05, 3.63) is 60.2 Å². The molecule has 2 amide bonds. The Morgan fingerprint density at radius 1 is 1.05 bits per heavy atom. The van der Waals surface area contributed by atoms with Crippen LogP contribution in [0.4, 0.5) is 0 Å². The lowest BCUT2D eigenvalue weighted by molar-refractivity contribution is 0.0907. The van der Waals surface area contributed by atoms with Gasteiger partial charge in [-0.2, -0.15) is 0 Å². The van der Waals surface area contributed by atoms with Crippen LogP contribution in [0.25, 0.3) is 0 Å². The van der Waals surface area contributed by atoms with Crippen molar-refractivity contribution in [1.82, 2.24) is 20.6 Å². The van der Waals surface area contributed by atoms with Crippen molar-refractivity contribution >= 4 is 11.8 Å². The molecule has 22 heavy (non-hydrogen) atoms. The summed E-state index contributed by atoms with van der Waals surface area (Å²) in [4.78, 5) is 31.8. The summed E-state index contributed by atoms with van der Waals surface area (Å²) < 4.78 is 0. The van der Waals surface area contributed by atoms with Crippen LogP contribution in [-0.2, 0) is 0 Å². The van der Waals surface area contributed by atoms with Crippen molar-refractivity contribution in [2.75, 3.05) is 6.54 Å². The molecule has 0 radical (unpaired) electrons. The Kier molecular flexibility index (Phi) is 5.59. The highest BCUT2D eigenvalue weighted by atomic mass is 16.2. The Bertz CT molecular complexity index is 617. The van der Waals surface area contributed by atoms with Gasteiger partial charge in [-0.1, -0.05) is 6.92 Å². The zero-order valence-corrected chi connectivity index (χ0v) is 12.3. The summed E-state index contributed by atoms with van der Waals surface area (Å²) in [6, 6.07) is 6.66. The number of pyridine rings is 2. The molecular formula is C16H18N4O2. The largest absolute Gasteiger partial charge is 0.350 e. The molecule has 2 rings (SSSR count). The summed E-state index contributed by atoms with van der Waals surface area (Å²) in [5.74, 6) is -0.405. The first-order valence-electron chi connectivity index (χ1n) is 7.09. The van der Waals surface area contributed by atoms with Gasteiger partial charge in [0.2, 0.25) is 0 Å². The standard InChI is InChI=1S/C16H18N4O2/c1-2-14(20-16(22)13-6-4-8-18-10-13)11-19-15(21)12-5-3-7-17-9-12/h3-10,14H,2,11H2,1H3,(H,19,21)(H,20,22). The minimum absolute atomic E-state index is 0.145. The molecule has 0 aliphatic carbocycles. The third-order valence-electron chi connectivity index (χ3n) is 3.18. The molecule has 114 valence electrons. The molecule has 2 aromatic heterocycles. The van der Waals surface area contributed by atoms with Gasteiger partial charge in [-0.25, -0.2) is 0 Å². The molecule has 0 saturated heterocycles. The summed E-state index contributed by atoms with van der Waals surface area (Å²) in [5.41, 5.74) is 0.996. The molecule has 6 heteroatoms. The molecule has 2 N–H and O–H groups in total. The maximum absolute atomic E-state index is 12.1. The molecule has 0 fully saturated rings. The second kappa shape index (κ2) is 7.87. The maximum atomic E-state index is 12.1. The first kappa shape index (κ1) is 15.6. The van der Waals surface area contributed by atoms with Crippen molar-refractivity contribution in [2.24, 2.45) is 0 Å². The number of carbonyl (C=O) groups is 2. The highest BCUT2D eigenvalue weighted by Crippen LogP contribution is 1.99. The third kappa shape index (κ3) is 4.37. The normalized spacial score (nSPS) is 11.5. The number of carbonyl (C=O) groups excluding carboxylic acids is 2. The van der Waals surface area contributed by atoms with Crippen LogP contribution in [0, 0.1) is 0 Å². The Balaban J connectivity index is 1.87. The quantitative estimate of drug-likeness (QED) is 0.844. The van der Waals surface area contributed by atoms with Gasteiger partial charge in [-0.15, -0.1) is 0 Å². The Labute approximate surface area is 129 Å². The fourth-order valence-electron chi connectivity index (χ4n) is 1.88. The molecule has 0 aliphatic heterocycles. The molecule has 0 aromatic carbocycles. The van der Waals surface area contributed by atoms with E-state index < -0.39 is 0 Å². The molecular weight excluding hydrogens is 280 g/mol. The van der Waals surface area contributed by atoms with Crippen molar-refractivity contribution in [2.45, 2.75) is 19.4 Å². The average molecular weight is 298 g/mol. The monoisotopic (exact) mass is 298 g/mol. The van der Waals surface area contributed by atoms with E-state index in [0.29, 0.717) is 24.1 Å². The molecule has 0 saturated carbocycles. The Morgan fingerprint density at radius 3 is 2.14 bits per heavy atom. The SMILES string of the molecule is CCC(CNC(=O)c1cccnc1)NC(=O)c1cccnc1. The average Bonchev–Trinajstić information content (AvgIpc) is 2.59. The lowest BCUT2D eigenvalue weighted by Crippen LogP contribution is -2.43. The van der Waals surface area contributed by atoms with Crippen molar-refractivity contribution in [1.29, 1.82) is 0 Å². The minimum atomic E-state index is -0.206. The van der Waals surface area contributed by atoms with E-state index in [1.807, 2.05) is 6.92 Å². The fraction of sp³-hybridized carbons (Fsp3) is 0.250. The topological polar surface area (TPSA) is 84.0 Å². The van der Waals surface area contributed by atoms with E-state index in [2.05, 4.69) is 20.6 Å². The Hall–Kier alpha value is -2.76. The molecule has 0 aliphatic rings. The molecule has 2 heterocycles. The summed E-state index contributed by atoms with van der Waals surface area (Å²) in [7, 11) is 0. The highest BCUT2D eigenvalue weighted by molar-refractivity contribution is 5.95. The number of rotatable bonds is 6. The molecule has 1 unspecified atom stereocenters. The van der Waals surface area contributed by atoms with Crippen LogP contribution < -0.4 is 10.6 Å². The third-order valence-corrected chi connectivity index (χ3v) is 3.18. The van der Waals surface area contributed by atoms with Crippen LogP contribution in [0.15, 0.2) is 49.1 Å². The van der Waals surface area contributed by atoms with Gasteiger partial charge in [-0.05, 0) is 30.7 Å². The van der Waals surface area contributed by atoms with Crippen LogP contribution in [0.5, 0.6) is 0 Å². The van der Waals surface area contributed by atoms with Crippen LogP contribution in [-0.4, -0.2) is 34.4 Å². The van der Waals surface area contributed by atoms with Crippen LogP contribution >= 0.6 is 0 Å². The predicted octanol–water partition coefficient (Wildman–Crippen LogP) is 1.42. The van der Waals surface area contributed by atoms with Gasteiger partial charge in [0.1, 0.15) is 0 Å². The van der Waals surface area contributed by atoms with E-state index in [1.165, 1.54) is 12.4 Å². The Morgan fingerprint density at radius 2 is 1.64 bits per heavy atom. The summed E-state index contributed by atoms with van der Waals surface area (Å²) in [5, 5.41) is 5.68. The van der Waals surface area contributed by atoms with Crippen molar-refractivity contribution in [3.63, 3.8) is 0 Å². The second-order valence-electron chi connectivity index (χ2n) is 4.77. The van der Waals surface area contributed by atoms with E-state index in [9.17, 15) is 9.59 Å². The van der Waals surface area contributed by atoms with Crippen LogP contribution in [0.3, 0.4) is 0 Å². The fourth-order valence-corrected chi connectivity index (χ4v) is 1.88. The maximum Gasteiger partial charge on any atom is 0.253 e. The molecule has 0 bridgehead atoms. The van der Waals surface area contributed by atoms with E-state index in [4.69, 9.17) is 0 Å². The van der Waals surface area contributed by atoms with E-state index in [-0.39, 0.29) is 17.9 Å². The van der Waals surface area contributed by atoms with E-state index in [1.54, 1.807) is 36.7 Å². The smallest absolute Gasteiger partial charge is 0.253 e. The lowest BCUT2D eigenvalue weighted by atomic mass is 10.2. The number of aromatic nitrogens is 2. The highest BCUT2D eigenvalue weighted by Gasteiger charge is 2.14. The van der Waals surface area contributed by atoms with Crippen molar-refractivity contribution < 1.29 is 9.59 Å². The molecule has 1 atom stereocenters. The molecule has 6 nitrogen and oxygen atoms in total. The number of hydrogen-bond acceptors (Lipinski definition) is 4. The van der Waals surface area contributed by atoms with Gasteiger partial charge in [0.05, 0.1) is 11.1 Å². The first-order valence-corrected chi connectivity index (χ1v) is 7.09. The molecule has 0 spiro atoms. The van der Waals surface area contributed by atoms with E-state index >= 15 is 0 Å². The number of hydrogen-bond donors (Lipinski definition) is 2. The summed E-state index contributed by atoms with van der Waals surface area (Å²) in [6.07, 6.45) is 6.95. The predicted molar refractivity (Wildman–Crippen MR) is 82.4 cm³/mol. The van der Waals surface area contributed by atoms with Gasteiger partial charge < -0.3 is 10.6 Å². The van der Waals surface area contributed by atoms with Crippen LogP contribution in [0.1, 0.15) is 34.1 Å². The van der Waals surface area contributed by atoms with Gasteiger partial charge in [0, 0.05) is 37.4 Å². The first-order chi connectivity index (χ1) is 10.7. The van der Waals surface area contributed by atoms with Gasteiger partial charge in [-0.3, -0.25) is 19.6 Å². The number of nitrogens with one attached hydrogen (secondary N) is 2. The van der Waals surface area contributed by atoms with Gasteiger partial charge in [0.15, 0.2) is 0 Å². The summed E-state index contributed by atoms with van der Waals surface area (Å²) in [6.45, 7) is 2.31. The number of amides is 2. The minimum Gasteiger partial charge on any atom is -0.350 e. The number of nitrogens with zero attached hydrogens (tertiary/aromatic N) is 2. The zero-order chi connectivity index (χ0) is 15.8. The van der Waals surface area contributed by atoms with Gasteiger partial charge in [0.25, 0.3) is 11.8 Å².